The molecule has 0 aliphatic carbocycles. The van der Waals surface area contributed by atoms with Crippen molar-refractivity contribution >= 4 is 40.3 Å². The smallest absolute Gasteiger partial charge is 0.167 e. The molecule has 0 bridgehead atoms. The Balaban J connectivity index is 2.61. The van der Waals surface area contributed by atoms with Crippen molar-refractivity contribution in [2.24, 2.45) is 12.1 Å². The van der Waals surface area contributed by atoms with Gasteiger partial charge in [0.15, 0.2) is 11.9 Å². The third-order valence-electron chi connectivity index (χ3n) is 2.70. The van der Waals surface area contributed by atoms with E-state index in [2.05, 4.69) is 16.7 Å². The van der Waals surface area contributed by atoms with Crippen LogP contribution in [-0.4, -0.2) is 45.9 Å². The van der Waals surface area contributed by atoms with Crippen LogP contribution in [0.4, 0.5) is 0 Å². The Morgan fingerprint density at radius 2 is 2.37 bits per heavy atom. The largest absolute Gasteiger partial charge is 0.375 e. The lowest BCUT2D eigenvalue weighted by molar-refractivity contribution is 0.111. The van der Waals surface area contributed by atoms with Crippen molar-refractivity contribution in [3.63, 3.8) is 0 Å². The van der Waals surface area contributed by atoms with E-state index in [1.807, 2.05) is 0 Å². The summed E-state index contributed by atoms with van der Waals surface area (Å²) < 4.78 is 2.61. The highest BCUT2D eigenvalue weighted by Crippen LogP contribution is 2.29. The van der Waals surface area contributed by atoms with Crippen LogP contribution >= 0.6 is 11.3 Å². The predicted octanol–water partition coefficient (Wildman–Crippen LogP) is 1.31. The molecule has 0 fully saturated rings. The summed E-state index contributed by atoms with van der Waals surface area (Å²) in [5.41, 5.74) is 1.95. The van der Waals surface area contributed by atoms with Crippen molar-refractivity contribution in [2.75, 3.05) is 13.8 Å². The van der Waals surface area contributed by atoms with E-state index in [9.17, 15) is 4.79 Å². The Labute approximate surface area is 114 Å². The van der Waals surface area contributed by atoms with E-state index >= 15 is 0 Å². The summed E-state index contributed by atoms with van der Waals surface area (Å²) in [5.74, 6) is 0. The number of aromatic nitrogens is 2. The molecular weight excluding hydrogens is 264 g/mol. The maximum atomic E-state index is 11.2. The summed E-state index contributed by atoms with van der Waals surface area (Å²) >= 11 is 1.45. The number of aldehydes is 1. The van der Waals surface area contributed by atoms with E-state index in [-0.39, 0.29) is 6.73 Å². The molecule has 2 rings (SSSR count). The number of aliphatic hydroxyl groups excluding tert-OH is 1. The molecule has 0 radical (unpaired) electrons. The van der Waals surface area contributed by atoms with Gasteiger partial charge in [0.05, 0.1) is 16.6 Å². The third kappa shape index (κ3) is 2.29. The van der Waals surface area contributed by atoms with Crippen molar-refractivity contribution in [3.05, 3.63) is 22.8 Å². The first-order valence-electron chi connectivity index (χ1n) is 5.55. The summed E-state index contributed by atoms with van der Waals surface area (Å²) in [6.07, 6.45) is 4.02. The summed E-state index contributed by atoms with van der Waals surface area (Å²) in [7, 11) is 3.42. The number of hydrazone groups is 1. The van der Waals surface area contributed by atoms with Gasteiger partial charge in [-0.3, -0.25) is 9.80 Å². The van der Waals surface area contributed by atoms with Crippen LogP contribution in [0, 0.1) is 0 Å². The van der Waals surface area contributed by atoms with Gasteiger partial charge in [0, 0.05) is 19.7 Å². The second-order valence-corrected chi connectivity index (χ2v) is 4.96. The number of hydrogen-bond donors (Lipinski definition) is 1. The van der Waals surface area contributed by atoms with E-state index in [4.69, 9.17) is 5.11 Å². The van der Waals surface area contributed by atoms with Crippen LogP contribution in [-0.2, 0) is 7.05 Å². The van der Waals surface area contributed by atoms with E-state index in [0.717, 1.165) is 21.6 Å². The summed E-state index contributed by atoms with van der Waals surface area (Å²) in [6.45, 7) is 3.50. The van der Waals surface area contributed by atoms with Crippen LogP contribution < -0.4 is 0 Å². The van der Waals surface area contributed by atoms with Gasteiger partial charge in [0.25, 0.3) is 0 Å². The van der Waals surface area contributed by atoms with Gasteiger partial charge < -0.3 is 9.67 Å². The first kappa shape index (κ1) is 13.4. The zero-order valence-corrected chi connectivity index (χ0v) is 11.5. The number of carbonyl (C=O) groups is 1. The minimum atomic E-state index is -0.191. The van der Waals surface area contributed by atoms with Gasteiger partial charge in [0.2, 0.25) is 0 Å². The van der Waals surface area contributed by atoms with Crippen LogP contribution in [0.2, 0.25) is 0 Å². The standard InChI is InChI=1S/C12H14N4O2S/c1-4-10-14-12-11(19-10)8(5-13-15(2)7-18)9(6-17)16(12)3/h4-6,18H,1,7H2,2-3H3/b13-5-. The number of carbonyl (C=O) groups excluding carboxylic acids is 1. The van der Waals surface area contributed by atoms with Crippen molar-refractivity contribution in [2.45, 2.75) is 0 Å². The predicted molar refractivity (Wildman–Crippen MR) is 76.5 cm³/mol. The summed E-state index contributed by atoms with van der Waals surface area (Å²) in [6, 6.07) is 0. The van der Waals surface area contributed by atoms with Crippen LogP contribution in [0.25, 0.3) is 16.4 Å². The molecule has 0 aliphatic rings. The highest BCUT2D eigenvalue weighted by molar-refractivity contribution is 7.19. The number of rotatable bonds is 5. The van der Waals surface area contributed by atoms with Gasteiger partial charge in [0.1, 0.15) is 11.7 Å². The highest BCUT2D eigenvalue weighted by atomic mass is 32.1. The molecule has 1 N–H and O–H groups in total. The molecule has 0 atom stereocenters. The normalized spacial score (nSPS) is 11.3. The first-order chi connectivity index (χ1) is 9.12. The fraction of sp³-hybridized carbons (Fsp3) is 0.250. The molecule has 19 heavy (non-hydrogen) atoms. The Bertz CT molecular complexity index is 656. The minimum absolute atomic E-state index is 0.191. The molecule has 0 saturated heterocycles. The lowest BCUT2D eigenvalue weighted by Crippen LogP contribution is -2.12. The van der Waals surface area contributed by atoms with Gasteiger partial charge in [-0.2, -0.15) is 5.10 Å². The summed E-state index contributed by atoms with van der Waals surface area (Å²) in [4.78, 5) is 15.6. The quantitative estimate of drug-likeness (QED) is 0.387. The first-order valence-corrected chi connectivity index (χ1v) is 6.36. The second kappa shape index (κ2) is 5.33. The SMILES string of the molecule is C=Cc1nc2c(s1)c(/C=N\N(C)CO)c(C=O)n2C. The van der Waals surface area contributed by atoms with E-state index in [0.29, 0.717) is 11.3 Å². The van der Waals surface area contributed by atoms with Gasteiger partial charge in [-0.25, -0.2) is 4.98 Å². The molecular formula is C12H14N4O2S. The zero-order valence-electron chi connectivity index (χ0n) is 10.7. The molecule has 0 aliphatic heterocycles. The van der Waals surface area contributed by atoms with Gasteiger partial charge in [-0.05, 0) is 6.08 Å². The third-order valence-corrected chi connectivity index (χ3v) is 3.77. The average molecular weight is 278 g/mol. The topological polar surface area (TPSA) is 70.7 Å². The van der Waals surface area contributed by atoms with Crippen molar-refractivity contribution in [1.82, 2.24) is 14.6 Å². The fourth-order valence-corrected chi connectivity index (χ4v) is 2.66. The zero-order chi connectivity index (χ0) is 14.0. The maximum Gasteiger partial charge on any atom is 0.167 e. The van der Waals surface area contributed by atoms with Gasteiger partial charge >= 0.3 is 0 Å². The lowest BCUT2D eigenvalue weighted by atomic mass is 10.3. The number of thiazole rings is 1. The molecule has 6 nitrogen and oxygen atoms in total. The minimum Gasteiger partial charge on any atom is -0.375 e. The monoisotopic (exact) mass is 278 g/mol. The van der Waals surface area contributed by atoms with Crippen LogP contribution in [0.5, 0.6) is 0 Å². The van der Waals surface area contributed by atoms with Crippen LogP contribution in [0.3, 0.4) is 0 Å². The lowest BCUT2D eigenvalue weighted by Gasteiger charge is -2.06. The fourth-order valence-electron chi connectivity index (χ4n) is 1.69. The van der Waals surface area contributed by atoms with Crippen LogP contribution in [0.1, 0.15) is 21.1 Å². The van der Waals surface area contributed by atoms with E-state index in [1.165, 1.54) is 16.3 Å². The molecule has 2 aromatic heterocycles. The van der Waals surface area contributed by atoms with Crippen molar-refractivity contribution < 1.29 is 9.90 Å². The van der Waals surface area contributed by atoms with Crippen LogP contribution in [0.15, 0.2) is 11.7 Å². The Morgan fingerprint density at radius 1 is 1.63 bits per heavy atom. The molecule has 100 valence electrons. The maximum absolute atomic E-state index is 11.2. The molecule has 0 amide bonds. The molecule has 2 heterocycles. The molecule has 0 spiro atoms. The molecule has 0 aromatic carbocycles. The number of nitrogens with zero attached hydrogens (tertiary/aromatic N) is 4. The highest BCUT2D eigenvalue weighted by Gasteiger charge is 2.17. The van der Waals surface area contributed by atoms with Crippen molar-refractivity contribution in [1.29, 1.82) is 0 Å². The number of fused-ring (bicyclic) bond motifs is 1. The van der Waals surface area contributed by atoms with Gasteiger partial charge in [-0.1, -0.05) is 6.58 Å². The Hall–Kier alpha value is -1.99. The molecule has 7 heteroatoms. The second-order valence-electron chi connectivity index (χ2n) is 3.93. The Kier molecular flexibility index (Phi) is 3.77. The van der Waals surface area contributed by atoms with Crippen molar-refractivity contribution in [3.8, 4) is 0 Å². The summed E-state index contributed by atoms with van der Waals surface area (Å²) in [5, 5.41) is 15.1. The molecule has 2 aromatic rings. The van der Waals surface area contributed by atoms with E-state index in [1.54, 1.807) is 31.0 Å². The molecule has 0 saturated carbocycles. The van der Waals surface area contributed by atoms with E-state index < -0.39 is 0 Å². The number of hydrogen-bond acceptors (Lipinski definition) is 6. The number of aryl methyl sites for hydroxylation is 1. The van der Waals surface area contributed by atoms with Gasteiger partial charge in [-0.15, -0.1) is 11.3 Å². The molecule has 0 unspecified atom stereocenters. The number of aliphatic hydroxyl groups is 1. The Morgan fingerprint density at radius 3 is 2.95 bits per heavy atom. The average Bonchev–Trinajstić information content (AvgIpc) is 2.94.